The highest BCUT2D eigenvalue weighted by atomic mass is 19.1. The molecular weight excluding hydrogens is 353 g/mol. The van der Waals surface area contributed by atoms with Gasteiger partial charge in [0.05, 0.1) is 12.6 Å². The highest BCUT2D eigenvalue weighted by molar-refractivity contribution is 5.79. The smallest absolute Gasteiger partial charge is 0.237 e. The van der Waals surface area contributed by atoms with Crippen LogP contribution in [0.1, 0.15) is 50.5 Å². The van der Waals surface area contributed by atoms with E-state index >= 15 is 0 Å². The fourth-order valence-corrected chi connectivity index (χ4v) is 6.32. The average Bonchev–Trinajstić information content (AvgIpc) is 2.64. The van der Waals surface area contributed by atoms with Gasteiger partial charge in [-0.05, 0) is 81.0 Å². The van der Waals surface area contributed by atoms with E-state index in [4.69, 9.17) is 5.26 Å². The Balaban J connectivity index is 1.57. The molecule has 4 aliphatic carbocycles. The summed E-state index contributed by atoms with van der Waals surface area (Å²) in [5.74, 6) is 2.17. The van der Waals surface area contributed by atoms with E-state index in [2.05, 4.69) is 11.0 Å². The molecule has 5 heteroatoms. The SMILES string of the molecule is CN(CCC#N)CC(=O)N(Cc1ccc(F)cc1)C12CC3CC(CC(C3)C1)C2. The number of carbonyl (C=O) groups is 1. The third-order valence-corrected chi connectivity index (χ3v) is 7.14. The van der Waals surface area contributed by atoms with E-state index in [1.54, 1.807) is 12.1 Å². The van der Waals surface area contributed by atoms with Gasteiger partial charge in [0.1, 0.15) is 5.82 Å². The van der Waals surface area contributed by atoms with Gasteiger partial charge in [0.25, 0.3) is 0 Å². The zero-order valence-corrected chi connectivity index (χ0v) is 16.7. The molecule has 1 amide bonds. The van der Waals surface area contributed by atoms with Crippen molar-refractivity contribution in [2.45, 2.75) is 57.0 Å². The number of likely N-dealkylation sites (N-methyl/N-ethyl adjacent to an activating group) is 1. The summed E-state index contributed by atoms with van der Waals surface area (Å²) < 4.78 is 13.4. The molecule has 28 heavy (non-hydrogen) atoms. The Hall–Kier alpha value is -1.93. The van der Waals surface area contributed by atoms with Crippen LogP contribution in [-0.2, 0) is 11.3 Å². The van der Waals surface area contributed by atoms with Gasteiger partial charge in [-0.25, -0.2) is 4.39 Å². The number of hydrogen-bond acceptors (Lipinski definition) is 3. The van der Waals surface area contributed by atoms with E-state index in [-0.39, 0.29) is 17.3 Å². The van der Waals surface area contributed by atoms with E-state index in [1.165, 1.54) is 31.4 Å². The van der Waals surface area contributed by atoms with Gasteiger partial charge in [0, 0.05) is 25.0 Å². The first-order chi connectivity index (χ1) is 13.5. The Morgan fingerprint density at radius 2 is 1.71 bits per heavy atom. The molecular formula is C23H30FN3O. The second kappa shape index (κ2) is 7.83. The lowest BCUT2D eigenvalue weighted by Crippen LogP contribution is -2.62. The standard InChI is InChI=1S/C23H30FN3O/c1-26(8-2-7-25)16-22(28)27(15-17-3-5-21(24)6-4-17)23-12-18-9-19(13-23)11-20(10-18)14-23/h3-6,18-20H,2,8-16H2,1H3. The van der Waals surface area contributed by atoms with E-state index in [0.717, 1.165) is 42.6 Å². The number of amides is 1. The predicted molar refractivity (Wildman–Crippen MR) is 106 cm³/mol. The molecule has 0 radical (unpaired) electrons. The van der Waals surface area contributed by atoms with Crippen LogP contribution in [0.3, 0.4) is 0 Å². The minimum Gasteiger partial charge on any atom is -0.332 e. The van der Waals surface area contributed by atoms with Gasteiger partial charge in [-0.3, -0.25) is 9.69 Å². The molecule has 150 valence electrons. The molecule has 4 bridgehead atoms. The summed E-state index contributed by atoms with van der Waals surface area (Å²) in [4.78, 5) is 17.5. The van der Waals surface area contributed by atoms with Crippen LogP contribution in [0.2, 0.25) is 0 Å². The summed E-state index contributed by atoms with van der Waals surface area (Å²) in [5.41, 5.74) is 0.959. The number of halogens is 1. The number of benzene rings is 1. The lowest BCUT2D eigenvalue weighted by Gasteiger charge is -2.60. The Morgan fingerprint density at radius 1 is 1.14 bits per heavy atom. The van der Waals surface area contributed by atoms with Gasteiger partial charge < -0.3 is 4.90 Å². The maximum absolute atomic E-state index is 13.4. The van der Waals surface area contributed by atoms with Gasteiger partial charge in [0.15, 0.2) is 0 Å². The number of carbonyl (C=O) groups excluding carboxylic acids is 1. The van der Waals surface area contributed by atoms with E-state index in [1.807, 2.05) is 11.9 Å². The lowest BCUT2D eigenvalue weighted by atomic mass is 9.52. The van der Waals surface area contributed by atoms with Crippen LogP contribution < -0.4 is 0 Å². The van der Waals surface area contributed by atoms with E-state index in [0.29, 0.717) is 26.1 Å². The molecule has 4 saturated carbocycles. The quantitative estimate of drug-likeness (QED) is 0.716. The number of nitriles is 1. The highest BCUT2D eigenvalue weighted by Crippen LogP contribution is 2.58. The first kappa shape index (κ1) is 19.4. The summed E-state index contributed by atoms with van der Waals surface area (Å²) in [5, 5.41) is 8.83. The predicted octanol–water partition coefficient (Wildman–Crippen LogP) is 3.97. The molecule has 4 nitrogen and oxygen atoms in total. The van der Waals surface area contributed by atoms with Crippen molar-refractivity contribution in [3.63, 3.8) is 0 Å². The molecule has 0 atom stereocenters. The molecule has 1 aromatic carbocycles. The van der Waals surface area contributed by atoms with Crippen LogP contribution in [0.25, 0.3) is 0 Å². The molecule has 0 N–H and O–H groups in total. The molecule has 4 aliphatic rings. The second-order valence-corrected chi connectivity index (χ2v) is 9.39. The number of nitrogens with zero attached hydrogens (tertiary/aromatic N) is 3. The maximum Gasteiger partial charge on any atom is 0.237 e. The summed E-state index contributed by atoms with van der Waals surface area (Å²) in [6, 6.07) is 8.72. The molecule has 0 unspecified atom stereocenters. The van der Waals surface area contributed by atoms with Crippen LogP contribution in [0.15, 0.2) is 24.3 Å². The molecule has 0 aliphatic heterocycles. The summed E-state index contributed by atoms with van der Waals surface area (Å²) in [6.07, 6.45) is 7.79. The first-order valence-corrected chi connectivity index (χ1v) is 10.6. The topological polar surface area (TPSA) is 47.3 Å². The van der Waals surface area contributed by atoms with Crippen molar-refractivity contribution in [1.29, 1.82) is 5.26 Å². The lowest BCUT2D eigenvalue weighted by molar-refractivity contribution is -0.153. The van der Waals surface area contributed by atoms with Crippen LogP contribution in [0.4, 0.5) is 4.39 Å². The van der Waals surface area contributed by atoms with Crippen molar-refractivity contribution in [1.82, 2.24) is 9.80 Å². The summed E-state index contributed by atoms with van der Waals surface area (Å²) >= 11 is 0. The van der Waals surface area contributed by atoms with Crippen molar-refractivity contribution < 1.29 is 9.18 Å². The van der Waals surface area contributed by atoms with Gasteiger partial charge in [-0.15, -0.1) is 0 Å². The van der Waals surface area contributed by atoms with Crippen LogP contribution in [-0.4, -0.2) is 41.4 Å². The number of rotatable bonds is 7. The number of hydrogen-bond donors (Lipinski definition) is 0. The molecule has 1 aromatic rings. The van der Waals surface area contributed by atoms with Gasteiger partial charge in [-0.2, -0.15) is 5.26 Å². The molecule has 0 spiro atoms. The fraction of sp³-hybridized carbons (Fsp3) is 0.652. The zero-order chi connectivity index (χ0) is 19.7. The summed E-state index contributed by atoms with van der Waals surface area (Å²) in [7, 11) is 1.91. The molecule has 0 heterocycles. The van der Waals surface area contributed by atoms with Crippen LogP contribution in [0, 0.1) is 34.9 Å². The van der Waals surface area contributed by atoms with Crippen LogP contribution >= 0.6 is 0 Å². The monoisotopic (exact) mass is 383 g/mol. The van der Waals surface area contributed by atoms with Crippen molar-refractivity contribution in [3.05, 3.63) is 35.6 Å². The second-order valence-electron chi connectivity index (χ2n) is 9.39. The normalized spacial score (nSPS) is 30.4. The maximum atomic E-state index is 13.4. The van der Waals surface area contributed by atoms with Gasteiger partial charge >= 0.3 is 0 Å². The van der Waals surface area contributed by atoms with Gasteiger partial charge in [0.2, 0.25) is 5.91 Å². The molecule has 5 rings (SSSR count). The third-order valence-electron chi connectivity index (χ3n) is 7.14. The highest BCUT2D eigenvalue weighted by Gasteiger charge is 2.54. The largest absolute Gasteiger partial charge is 0.332 e. The zero-order valence-electron chi connectivity index (χ0n) is 16.7. The Labute approximate surface area is 167 Å². The minimum absolute atomic E-state index is 0.0315. The molecule has 4 fully saturated rings. The summed E-state index contributed by atoms with van der Waals surface area (Å²) in [6.45, 7) is 1.50. The van der Waals surface area contributed by atoms with E-state index < -0.39 is 0 Å². The Bertz CT molecular complexity index is 719. The average molecular weight is 384 g/mol. The van der Waals surface area contributed by atoms with Crippen molar-refractivity contribution in [2.24, 2.45) is 17.8 Å². The van der Waals surface area contributed by atoms with Crippen molar-refractivity contribution in [2.75, 3.05) is 20.1 Å². The van der Waals surface area contributed by atoms with Gasteiger partial charge in [-0.1, -0.05) is 12.1 Å². The Kier molecular flexibility index (Phi) is 5.42. The van der Waals surface area contributed by atoms with Crippen LogP contribution in [0.5, 0.6) is 0 Å². The van der Waals surface area contributed by atoms with Crippen molar-refractivity contribution in [3.8, 4) is 6.07 Å². The molecule has 0 aromatic heterocycles. The molecule has 0 saturated heterocycles. The Morgan fingerprint density at radius 3 is 2.25 bits per heavy atom. The minimum atomic E-state index is -0.243. The third kappa shape index (κ3) is 3.93. The van der Waals surface area contributed by atoms with Crippen molar-refractivity contribution >= 4 is 5.91 Å². The first-order valence-electron chi connectivity index (χ1n) is 10.6. The van der Waals surface area contributed by atoms with E-state index in [9.17, 15) is 9.18 Å². The fourth-order valence-electron chi connectivity index (χ4n) is 6.32.